The van der Waals surface area contributed by atoms with Crippen LogP contribution in [0, 0.1) is 0 Å². The molecule has 2 aromatic carbocycles. The van der Waals surface area contributed by atoms with Gasteiger partial charge in [0.1, 0.15) is 0 Å². The van der Waals surface area contributed by atoms with Crippen LogP contribution in [-0.4, -0.2) is 0 Å². The molecule has 1 N–H and O–H groups in total. The molecule has 0 radical (unpaired) electrons. The molecule has 0 saturated heterocycles. The van der Waals surface area contributed by atoms with E-state index in [0.717, 1.165) is 4.90 Å². The fraction of sp³-hybridized carbons (Fsp3) is 0. The minimum absolute atomic E-state index is 0.493. The van der Waals surface area contributed by atoms with Crippen molar-refractivity contribution >= 4 is 18.3 Å². The van der Waals surface area contributed by atoms with E-state index in [1.165, 1.54) is 5.54 Å². The monoisotopic (exact) mass is 221 g/mol. The van der Waals surface area contributed by atoms with Crippen molar-refractivity contribution < 1.29 is 4.48 Å². The molecular formula is C12H12FNS. The molecule has 2 aromatic rings. The number of hydrogen-bond donors (Lipinski definition) is 2. The van der Waals surface area contributed by atoms with E-state index in [1.807, 2.05) is 36.4 Å². The number of halogens is 1. The zero-order chi connectivity index (χ0) is 10.9. The molecule has 0 fully saturated rings. The maximum atomic E-state index is 11.5. The maximum Gasteiger partial charge on any atom is 0.0655 e. The van der Waals surface area contributed by atoms with E-state index >= 15 is 0 Å². The number of anilines is 1. The molecule has 0 aliphatic rings. The molecule has 0 aliphatic carbocycles. The van der Waals surface area contributed by atoms with Gasteiger partial charge >= 0.3 is 0 Å². The quantitative estimate of drug-likeness (QED) is 0.548. The Bertz CT molecular complexity index is 364. The molecular weight excluding hydrogens is 209 g/mol. The minimum atomic E-state index is 0.493. The van der Waals surface area contributed by atoms with Crippen LogP contribution in [0.2, 0.25) is 0 Å². The Morgan fingerprint density at radius 3 is 1.53 bits per heavy atom. The summed E-state index contributed by atoms with van der Waals surface area (Å²) in [6.45, 7) is 0. The first kappa shape index (κ1) is 11.6. The van der Waals surface area contributed by atoms with Crippen LogP contribution in [0.15, 0.2) is 65.6 Å². The van der Waals surface area contributed by atoms with Crippen molar-refractivity contribution in [2.75, 3.05) is 5.54 Å². The smallest absolute Gasteiger partial charge is 0.0655 e. The van der Waals surface area contributed by atoms with Crippen LogP contribution in [0.4, 0.5) is 10.2 Å². The van der Waals surface area contributed by atoms with Gasteiger partial charge in [0.15, 0.2) is 0 Å². The van der Waals surface area contributed by atoms with Gasteiger partial charge in [-0.25, -0.2) is 5.54 Å². The van der Waals surface area contributed by atoms with E-state index in [9.17, 15) is 4.48 Å². The van der Waals surface area contributed by atoms with E-state index < -0.39 is 0 Å². The first-order chi connectivity index (χ1) is 7.33. The lowest BCUT2D eigenvalue weighted by Gasteiger charge is -1.89. The Hall–Kier alpha value is -1.48. The highest BCUT2D eigenvalue weighted by Gasteiger charge is 1.80. The van der Waals surface area contributed by atoms with Crippen molar-refractivity contribution in [2.24, 2.45) is 0 Å². The second-order valence-electron chi connectivity index (χ2n) is 2.80. The molecule has 0 aromatic heterocycles. The SMILES string of the molecule is FNc1ccccc1.Sc1ccccc1. The molecule has 78 valence electrons. The Kier molecular flexibility index (Phi) is 5.33. The summed E-state index contributed by atoms with van der Waals surface area (Å²) < 4.78 is 11.5. The minimum Gasteiger partial charge on any atom is -0.225 e. The molecule has 0 unspecified atom stereocenters. The third-order valence-electron chi connectivity index (χ3n) is 1.64. The van der Waals surface area contributed by atoms with Crippen LogP contribution >= 0.6 is 12.6 Å². The van der Waals surface area contributed by atoms with Gasteiger partial charge in [-0.2, -0.15) is 0 Å². The highest BCUT2D eigenvalue weighted by Crippen LogP contribution is 2.03. The number of benzene rings is 2. The topological polar surface area (TPSA) is 12.0 Å². The summed E-state index contributed by atoms with van der Waals surface area (Å²) in [7, 11) is 0. The summed E-state index contributed by atoms with van der Waals surface area (Å²) in [6, 6.07) is 18.5. The van der Waals surface area contributed by atoms with E-state index in [0.29, 0.717) is 5.69 Å². The number of rotatable bonds is 1. The molecule has 2 rings (SSSR count). The Labute approximate surface area is 94.3 Å². The predicted octanol–water partition coefficient (Wildman–Crippen LogP) is 3.96. The van der Waals surface area contributed by atoms with Gasteiger partial charge in [0, 0.05) is 4.90 Å². The molecule has 15 heavy (non-hydrogen) atoms. The van der Waals surface area contributed by atoms with Crippen molar-refractivity contribution in [3.8, 4) is 0 Å². The van der Waals surface area contributed by atoms with Crippen molar-refractivity contribution in [3.05, 3.63) is 60.7 Å². The second kappa shape index (κ2) is 6.90. The van der Waals surface area contributed by atoms with E-state index in [-0.39, 0.29) is 0 Å². The summed E-state index contributed by atoms with van der Waals surface area (Å²) >= 11 is 4.08. The Morgan fingerprint density at radius 2 is 1.27 bits per heavy atom. The number of hydrogen-bond acceptors (Lipinski definition) is 2. The van der Waals surface area contributed by atoms with Gasteiger partial charge in [0.2, 0.25) is 0 Å². The number of nitrogens with one attached hydrogen (secondary N) is 1. The summed E-state index contributed by atoms with van der Waals surface area (Å²) in [5, 5.41) is 0. The maximum absolute atomic E-state index is 11.5. The molecule has 0 amide bonds. The Balaban J connectivity index is 0.000000151. The Morgan fingerprint density at radius 1 is 0.800 bits per heavy atom. The van der Waals surface area contributed by atoms with Crippen LogP contribution in [-0.2, 0) is 0 Å². The van der Waals surface area contributed by atoms with Crippen LogP contribution in [0.1, 0.15) is 0 Å². The van der Waals surface area contributed by atoms with Gasteiger partial charge in [0.05, 0.1) is 5.69 Å². The summed E-state index contributed by atoms with van der Waals surface area (Å²) in [5.74, 6) is 0. The lowest BCUT2D eigenvalue weighted by atomic mass is 10.3. The molecule has 0 saturated carbocycles. The van der Waals surface area contributed by atoms with Crippen LogP contribution in [0.25, 0.3) is 0 Å². The highest BCUT2D eigenvalue weighted by atomic mass is 32.1. The largest absolute Gasteiger partial charge is 0.225 e. The van der Waals surface area contributed by atoms with E-state index in [1.54, 1.807) is 24.3 Å². The zero-order valence-corrected chi connectivity index (χ0v) is 8.99. The van der Waals surface area contributed by atoms with Crippen LogP contribution in [0.3, 0.4) is 0 Å². The fourth-order valence-electron chi connectivity index (χ4n) is 0.929. The molecule has 3 heteroatoms. The number of thiol groups is 1. The predicted molar refractivity (Wildman–Crippen MR) is 64.9 cm³/mol. The lowest BCUT2D eigenvalue weighted by Crippen LogP contribution is -1.77. The molecule has 0 spiro atoms. The standard InChI is InChI=1S/C6H6FN.C6H6S/c7-8-6-4-2-1-3-5-6;7-6-4-2-1-3-5-6/h1-5,8H;1-5,7H. The average Bonchev–Trinajstić information content (AvgIpc) is 2.32. The van der Waals surface area contributed by atoms with Gasteiger partial charge in [-0.1, -0.05) is 36.4 Å². The molecule has 0 atom stereocenters. The van der Waals surface area contributed by atoms with Crippen LogP contribution < -0.4 is 5.54 Å². The second-order valence-corrected chi connectivity index (χ2v) is 3.31. The average molecular weight is 221 g/mol. The van der Waals surface area contributed by atoms with Gasteiger partial charge in [-0.15, -0.1) is 17.1 Å². The van der Waals surface area contributed by atoms with Crippen molar-refractivity contribution in [1.82, 2.24) is 0 Å². The van der Waals surface area contributed by atoms with Crippen molar-refractivity contribution in [3.63, 3.8) is 0 Å². The summed E-state index contributed by atoms with van der Waals surface area (Å²) in [4.78, 5) is 1.02. The molecule has 1 nitrogen and oxygen atoms in total. The molecule has 0 aliphatic heterocycles. The van der Waals surface area contributed by atoms with Gasteiger partial charge in [-0.05, 0) is 24.3 Å². The fourth-order valence-corrected chi connectivity index (χ4v) is 1.10. The zero-order valence-electron chi connectivity index (χ0n) is 8.10. The van der Waals surface area contributed by atoms with Crippen molar-refractivity contribution in [1.29, 1.82) is 0 Å². The molecule has 0 heterocycles. The van der Waals surface area contributed by atoms with E-state index in [4.69, 9.17) is 0 Å². The first-order valence-electron chi connectivity index (χ1n) is 4.48. The summed E-state index contributed by atoms with van der Waals surface area (Å²) in [5.41, 5.74) is 2.02. The number of para-hydroxylation sites is 1. The van der Waals surface area contributed by atoms with Crippen molar-refractivity contribution in [2.45, 2.75) is 4.90 Å². The molecule has 0 bridgehead atoms. The van der Waals surface area contributed by atoms with Gasteiger partial charge in [0.25, 0.3) is 0 Å². The third kappa shape index (κ3) is 5.08. The summed E-state index contributed by atoms with van der Waals surface area (Å²) in [6.07, 6.45) is 0. The third-order valence-corrected chi connectivity index (χ3v) is 1.94. The van der Waals surface area contributed by atoms with E-state index in [2.05, 4.69) is 12.6 Å². The van der Waals surface area contributed by atoms with Gasteiger partial charge in [-0.3, -0.25) is 0 Å². The van der Waals surface area contributed by atoms with Gasteiger partial charge < -0.3 is 0 Å². The highest BCUT2D eigenvalue weighted by molar-refractivity contribution is 7.80. The normalized spacial score (nSPS) is 8.67. The lowest BCUT2D eigenvalue weighted by molar-refractivity contribution is 0.618. The first-order valence-corrected chi connectivity index (χ1v) is 4.93. The van der Waals surface area contributed by atoms with Crippen LogP contribution in [0.5, 0.6) is 0 Å².